The van der Waals surface area contributed by atoms with Gasteiger partial charge in [0.1, 0.15) is 9.88 Å². The van der Waals surface area contributed by atoms with E-state index in [-0.39, 0.29) is 12.5 Å². The average Bonchev–Trinajstić information content (AvgIpc) is 3.22. The van der Waals surface area contributed by atoms with Crippen LogP contribution in [0.25, 0.3) is 10.6 Å². The highest BCUT2D eigenvalue weighted by Crippen LogP contribution is 2.35. The third-order valence-corrected chi connectivity index (χ3v) is 6.08. The summed E-state index contributed by atoms with van der Waals surface area (Å²) >= 11 is 1.21. The molecule has 0 aliphatic carbocycles. The van der Waals surface area contributed by atoms with Gasteiger partial charge in [-0.1, -0.05) is 30.3 Å². The molecule has 0 radical (unpaired) electrons. The maximum atomic E-state index is 12.6. The van der Waals surface area contributed by atoms with Gasteiger partial charge >= 0.3 is 5.97 Å². The molecule has 0 saturated carbocycles. The molecule has 1 amide bonds. The van der Waals surface area contributed by atoms with Crippen LogP contribution in [0, 0.1) is 6.92 Å². The highest BCUT2D eigenvalue weighted by molar-refractivity contribution is 7.17. The lowest BCUT2D eigenvalue weighted by Gasteiger charge is -2.20. The number of amides is 1. The molecule has 0 saturated heterocycles. The zero-order chi connectivity index (χ0) is 23.1. The third kappa shape index (κ3) is 5.45. The van der Waals surface area contributed by atoms with Crippen LogP contribution in [-0.4, -0.2) is 49.1 Å². The Balaban J connectivity index is 1.67. The van der Waals surface area contributed by atoms with Crippen LogP contribution in [0.3, 0.4) is 0 Å². The van der Waals surface area contributed by atoms with E-state index < -0.39 is 5.97 Å². The smallest absolute Gasteiger partial charge is 0.350 e. The Morgan fingerprint density at radius 3 is 2.41 bits per heavy atom. The summed E-state index contributed by atoms with van der Waals surface area (Å²) in [6.45, 7) is 4.31. The van der Waals surface area contributed by atoms with Gasteiger partial charge in [0.2, 0.25) is 0 Å². The Hall–Kier alpha value is -3.39. The molecule has 2 aromatic carbocycles. The maximum Gasteiger partial charge on any atom is 0.350 e. The van der Waals surface area contributed by atoms with Gasteiger partial charge < -0.3 is 19.1 Å². The van der Waals surface area contributed by atoms with E-state index in [9.17, 15) is 9.59 Å². The topological polar surface area (TPSA) is 78.0 Å². The highest BCUT2D eigenvalue weighted by Gasteiger charge is 2.21. The van der Waals surface area contributed by atoms with Gasteiger partial charge in [-0.05, 0) is 37.6 Å². The van der Waals surface area contributed by atoms with E-state index in [2.05, 4.69) is 4.98 Å². The van der Waals surface area contributed by atoms with Crippen molar-refractivity contribution in [1.82, 2.24) is 9.88 Å². The molecule has 1 aromatic heterocycles. The van der Waals surface area contributed by atoms with Crippen molar-refractivity contribution in [3.8, 4) is 22.1 Å². The molecule has 0 unspecified atom stereocenters. The standard InChI is InChI=1S/C24H26N2O5S/c1-5-26(14-17-9-7-6-8-10-17)21(27)15-31-24(28)22-16(2)25-23(32-22)18-11-12-19(29-3)20(13-18)30-4/h6-13H,5,14-15H2,1-4H3. The number of aryl methyl sites for hydroxylation is 1. The number of aromatic nitrogens is 1. The number of carbonyl (C=O) groups excluding carboxylic acids is 2. The minimum Gasteiger partial charge on any atom is -0.493 e. The van der Waals surface area contributed by atoms with Gasteiger partial charge in [0.05, 0.1) is 19.9 Å². The molecule has 1 heterocycles. The molecule has 0 aliphatic rings. The zero-order valence-corrected chi connectivity index (χ0v) is 19.4. The summed E-state index contributed by atoms with van der Waals surface area (Å²) in [4.78, 5) is 31.7. The largest absolute Gasteiger partial charge is 0.493 e. The molecule has 32 heavy (non-hydrogen) atoms. The van der Waals surface area contributed by atoms with Gasteiger partial charge in [-0.3, -0.25) is 4.79 Å². The number of hydrogen-bond donors (Lipinski definition) is 0. The SMILES string of the molecule is CCN(Cc1ccccc1)C(=O)COC(=O)c1sc(-c2ccc(OC)c(OC)c2)nc1C. The summed E-state index contributed by atoms with van der Waals surface area (Å²) in [5, 5.41) is 0.654. The lowest BCUT2D eigenvalue weighted by Crippen LogP contribution is -2.34. The Labute approximate surface area is 191 Å². The summed E-state index contributed by atoms with van der Waals surface area (Å²) in [5.74, 6) is 0.382. The number of nitrogens with zero attached hydrogens (tertiary/aromatic N) is 2. The Kier molecular flexibility index (Phi) is 7.83. The zero-order valence-electron chi connectivity index (χ0n) is 18.6. The number of ether oxygens (including phenoxy) is 3. The van der Waals surface area contributed by atoms with Crippen LogP contribution in [0.15, 0.2) is 48.5 Å². The lowest BCUT2D eigenvalue weighted by atomic mass is 10.2. The van der Waals surface area contributed by atoms with Gasteiger partial charge in [-0.15, -0.1) is 11.3 Å². The predicted octanol–water partition coefficient (Wildman–Crippen LogP) is 4.34. The molecule has 0 atom stereocenters. The molecule has 8 heteroatoms. The first-order chi connectivity index (χ1) is 15.5. The molecule has 0 spiro atoms. The summed E-state index contributed by atoms with van der Waals surface area (Å²) < 4.78 is 15.9. The first kappa shape index (κ1) is 23.3. The number of hydrogen-bond acceptors (Lipinski definition) is 7. The molecule has 0 aliphatic heterocycles. The van der Waals surface area contributed by atoms with Crippen molar-refractivity contribution < 1.29 is 23.8 Å². The fourth-order valence-corrected chi connectivity index (χ4v) is 4.10. The summed E-state index contributed by atoms with van der Waals surface area (Å²) in [6, 6.07) is 15.1. The molecule has 0 fully saturated rings. The van der Waals surface area contributed by atoms with E-state index in [0.29, 0.717) is 40.2 Å². The van der Waals surface area contributed by atoms with Gasteiger partial charge in [-0.25, -0.2) is 9.78 Å². The minimum atomic E-state index is -0.559. The first-order valence-corrected chi connectivity index (χ1v) is 11.0. The van der Waals surface area contributed by atoms with E-state index >= 15 is 0 Å². The van der Waals surface area contributed by atoms with Crippen LogP contribution in [0.1, 0.15) is 27.9 Å². The fourth-order valence-electron chi connectivity index (χ4n) is 3.14. The van der Waals surface area contributed by atoms with Crippen molar-refractivity contribution in [1.29, 1.82) is 0 Å². The monoisotopic (exact) mass is 454 g/mol. The van der Waals surface area contributed by atoms with Crippen LogP contribution in [0.2, 0.25) is 0 Å². The molecule has 168 valence electrons. The maximum absolute atomic E-state index is 12.6. The third-order valence-electron chi connectivity index (χ3n) is 4.89. The second-order valence-electron chi connectivity index (χ2n) is 6.97. The number of esters is 1. The van der Waals surface area contributed by atoms with Gasteiger partial charge in [-0.2, -0.15) is 0 Å². The predicted molar refractivity (Wildman–Crippen MR) is 123 cm³/mol. The number of rotatable bonds is 9. The van der Waals surface area contributed by atoms with Crippen LogP contribution in [-0.2, 0) is 16.1 Å². The van der Waals surface area contributed by atoms with E-state index in [1.54, 1.807) is 38.2 Å². The molecule has 7 nitrogen and oxygen atoms in total. The van der Waals surface area contributed by atoms with E-state index in [1.165, 1.54) is 11.3 Å². The molecular weight excluding hydrogens is 428 g/mol. The Morgan fingerprint density at radius 1 is 1.03 bits per heavy atom. The van der Waals surface area contributed by atoms with E-state index in [0.717, 1.165) is 11.1 Å². The highest BCUT2D eigenvalue weighted by atomic mass is 32.1. The van der Waals surface area contributed by atoms with Gasteiger partial charge in [0.15, 0.2) is 18.1 Å². The van der Waals surface area contributed by atoms with Crippen molar-refractivity contribution in [2.24, 2.45) is 0 Å². The summed E-state index contributed by atoms with van der Waals surface area (Å²) in [7, 11) is 3.13. The number of likely N-dealkylation sites (N-methyl/N-ethyl adjacent to an activating group) is 1. The quantitative estimate of drug-likeness (QED) is 0.448. The van der Waals surface area contributed by atoms with Crippen LogP contribution < -0.4 is 9.47 Å². The number of thiazole rings is 1. The summed E-state index contributed by atoms with van der Waals surface area (Å²) in [5.41, 5.74) is 2.37. The second-order valence-corrected chi connectivity index (χ2v) is 7.97. The van der Waals surface area contributed by atoms with Gasteiger partial charge in [0, 0.05) is 18.7 Å². The Morgan fingerprint density at radius 2 is 1.75 bits per heavy atom. The van der Waals surface area contributed by atoms with Gasteiger partial charge in [0.25, 0.3) is 5.91 Å². The number of benzene rings is 2. The van der Waals surface area contributed by atoms with Crippen molar-refractivity contribution in [3.63, 3.8) is 0 Å². The van der Waals surface area contributed by atoms with Crippen molar-refractivity contribution in [3.05, 3.63) is 64.7 Å². The summed E-state index contributed by atoms with van der Waals surface area (Å²) in [6.07, 6.45) is 0. The lowest BCUT2D eigenvalue weighted by molar-refractivity contribution is -0.134. The fraction of sp³-hybridized carbons (Fsp3) is 0.292. The Bertz CT molecular complexity index is 1080. The molecular formula is C24H26N2O5S. The van der Waals surface area contributed by atoms with E-state index in [4.69, 9.17) is 14.2 Å². The van der Waals surface area contributed by atoms with Crippen LogP contribution in [0.4, 0.5) is 0 Å². The number of carbonyl (C=O) groups is 2. The average molecular weight is 455 g/mol. The molecule has 0 bridgehead atoms. The normalized spacial score (nSPS) is 10.5. The molecule has 3 aromatic rings. The first-order valence-electron chi connectivity index (χ1n) is 10.2. The van der Waals surface area contributed by atoms with Crippen LogP contribution in [0.5, 0.6) is 11.5 Å². The minimum absolute atomic E-state index is 0.244. The molecule has 3 rings (SSSR count). The van der Waals surface area contributed by atoms with Crippen molar-refractivity contribution >= 4 is 23.2 Å². The van der Waals surface area contributed by atoms with Crippen LogP contribution >= 0.6 is 11.3 Å². The van der Waals surface area contributed by atoms with Crippen molar-refractivity contribution in [2.75, 3.05) is 27.4 Å². The van der Waals surface area contributed by atoms with E-state index in [1.807, 2.05) is 43.3 Å². The number of methoxy groups -OCH3 is 2. The van der Waals surface area contributed by atoms with Crippen molar-refractivity contribution in [2.45, 2.75) is 20.4 Å². The molecule has 0 N–H and O–H groups in total. The second kappa shape index (κ2) is 10.8.